The third-order valence-corrected chi connectivity index (χ3v) is 3.15. The van der Waals surface area contributed by atoms with Gasteiger partial charge in [0.25, 0.3) is 0 Å². The van der Waals surface area contributed by atoms with E-state index in [1.807, 2.05) is 25.2 Å². The van der Waals surface area contributed by atoms with Crippen molar-refractivity contribution in [3.8, 4) is 5.75 Å². The van der Waals surface area contributed by atoms with E-state index in [0.717, 1.165) is 23.5 Å². The van der Waals surface area contributed by atoms with Crippen molar-refractivity contribution in [3.05, 3.63) is 35.9 Å². The third kappa shape index (κ3) is 2.42. The number of aromatic nitrogens is 3. The summed E-state index contributed by atoms with van der Waals surface area (Å²) in [5.74, 6) is 1.52. The van der Waals surface area contributed by atoms with Crippen LogP contribution < -0.4 is 10.1 Å². The molecule has 0 radical (unpaired) electrons. The van der Waals surface area contributed by atoms with Gasteiger partial charge in [-0.15, -0.1) is 0 Å². The summed E-state index contributed by atoms with van der Waals surface area (Å²) in [5.41, 5.74) is 1.98. The number of amides is 1. The van der Waals surface area contributed by atoms with E-state index in [4.69, 9.17) is 4.74 Å². The molecule has 1 aliphatic rings. The lowest BCUT2D eigenvalue weighted by molar-refractivity contribution is -0.116. The summed E-state index contributed by atoms with van der Waals surface area (Å²) in [6.45, 7) is 0.350. The van der Waals surface area contributed by atoms with Crippen LogP contribution in [0.2, 0.25) is 0 Å². The average molecular weight is 258 g/mol. The van der Waals surface area contributed by atoms with Crippen LogP contribution in [-0.2, 0) is 24.9 Å². The van der Waals surface area contributed by atoms with Crippen molar-refractivity contribution < 1.29 is 9.53 Å². The van der Waals surface area contributed by atoms with Gasteiger partial charge < -0.3 is 10.1 Å². The van der Waals surface area contributed by atoms with Crippen molar-refractivity contribution in [2.24, 2.45) is 7.05 Å². The van der Waals surface area contributed by atoms with Crippen LogP contribution in [0.1, 0.15) is 17.8 Å². The van der Waals surface area contributed by atoms with Crippen molar-refractivity contribution >= 4 is 11.6 Å². The number of anilines is 1. The van der Waals surface area contributed by atoms with Gasteiger partial charge in [0.15, 0.2) is 5.82 Å². The lowest BCUT2D eigenvalue weighted by Gasteiger charge is -2.17. The molecule has 2 heterocycles. The van der Waals surface area contributed by atoms with Gasteiger partial charge in [-0.25, -0.2) is 4.98 Å². The standard InChI is InChI=1S/C13H14N4O2/c1-17-12(14-8-15-17)7-19-10-4-2-9-3-5-13(18)16-11(9)6-10/h2,4,6,8H,3,5,7H2,1H3,(H,16,18). The minimum absolute atomic E-state index is 0.0537. The first kappa shape index (κ1) is 11.7. The predicted octanol–water partition coefficient (Wildman–Crippen LogP) is 1.28. The van der Waals surface area contributed by atoms with Crippen molar-refractivity contribution in [1.29, 1.82) is 0 Å². The lowest BCUT2D eigenvalue weighted by atomic mass is 10.0. The number of rotatable bonds is 3. The Hall–Kier alpha value is -2.37. The zero-order valence-corrected chi connectivity index (χ0v) is 10.6. The molecule has 98 valence electrons. The second-order valence-corrected chi connectivity index (χ2v) is 4.46. The number of fused-ring (bicyclic) bond motifs is 1. The quantitative estimate of drug-likeness (QED) is 0.900. The molecule has 0 bridgehead atoms. The molecular weight excluding hydrogens is 244 g/mol. The molecule has 1 aromatic heterocycles. The first-order valence-corrected chi connectivity index (χ1v) is 6.11. The molecule has 1 N–H and O–H groups in total. The fraction of sp³-hybridized carbons (Fsp3) is 0.308. The highest BCUT2D eigenvalue weighted by Gasteiger charge is 2.15. The fourth-order valence-electron chi connectivity index (χ4n) is 2.04. The van der Waals surface area contributed by atoms with Crippen LogP contribution in [0, 0.1) is 0 Å². The third-order valence-electron chi connectivity index (χ3n) is 3.15. The van der Waals surface area contributed by atoms with Crippen LogP contribution in [0.3, 0.4) is 0 Å². The normalized spacial score (nSPS) is 13.8. The maximum absolute atomic E-state index is 11.4. The van der Waals surface area contributed by atoms with Crippen LogP contribution in [0.4, 0.5) is 5.69 Å². The second-order valence-electron chi connectivity index (χ2n) is 4.46. The van der Waals surface area contributed by atoms with Crippen molar-refractivity contribution in [2.75, 3.05) is 5.32 Å². The molecule has 3 rings (SSSR count). The molecule has 1 amide bonds. The highest BCUT2D eigenvalue weighted by atomic mass is 16.5. The second kappa shape index (κ2) is 4.72. The minimum Gasteiger partial charge on any atom is -0.486 e. The Bertz CT molecular complexity index is 621. The summed E-state index contributed by atoms with van der Waals surface area (Å²) in [6.07, 6.45) is 2.82. The van der Waals surface area contributed by atoms with Gasteiger partial charge in [0, 0.05) is 25.2 Å². The summed E-state index contributed by atoms with van der Waals surface area (Å²) in [5, 5.41) is 6.83. The maximum Gasteiger partial charge on any atom is 0.224 e. The number of hydrogen-bond acceptors (Lipinski definition) is 4. The van der Waals surface area contributed by atoms with Crippen LogP contribution in [0.25, 0.3) is 0 Å². The number of nitrogens with zero attached hydrogens (tertiary/aromatic N) is 3. The Morgan fingerprint density at radius 3 is 3.11 bits per heavy atom. The number of ether oxygens (including phenoxy) is 1. The van der Waals surface area contributed by atoms with Gasteiger partial charge >= 0.3 is 0 Å². The van der Waals surface area contributed by atoms with Crippen LogP contribution in [0.5, 0.6) is 5.75 Å². The number of benzene rings is 1. The molecule has 0 saturated heterocycles. The molecular formula is C13H14N4O2. The highest BCUT2D eigenvalue weighted by Crippen LogP contribution is 2.27. The van der Waals surface area contributed by atoms with E-state index in [2.05, 4.69) is 15.4 Å². The first-order chi connectivity index (χ1) is 9.22. The Morgan fingerprint density at radius 2 is 2.32 bits per heavy atom. The van der Waals surface area contributed by atoms with E-state index >= 15 is 0 Å². The van der Waals surface area contributed by atoms with E-state index in [1.54, 1.807) is 4.68 Å². The van der Waals surface area contributed by atoms with E-state index in [9.17, 15) is 4.79 Å². The molecule has 0 aliphatic carbocycles. The molecule has 0 spiro atoms. The summed E-state index contributed by atoms with van der Waals surface area (Å²) in [4.78, 5) is 15.4. The lowest BCUT2D eigenvalue weighted by Crippen LogP contribution is -2.18. The smallest absolute Gasteiger partial charge is 0.224 e. The molecule has 2 aromatic rings. The number of carbonyl (C=O) groups is 1. The fourth-order valence-corrected chi connectivity index (χ4v) is 2.04. The zero-order valence-electron chi connectivity index (χ0n) is 10.6. The molecule has 6 heteroatoms. The molecule has 19 heavy (non-hydrogen) atoms. The summed E-state index contributed by atoms with van der Waals surface area (Å²) in [7, 11) is 1.82. The van der Waals surface area contributed by atoms with Gasteiger partial charge in [-0.2, -0.15) is 5.10 Å². The predicted molar refractivity (Wildman–Crippen MR) is 68.7 cm³/mol. The van der Waals surface area contributed by atoms with E-state index < -0.39 is 0 Å². The van der Waals surface area contributed by atoms with Gasteiger partial charge in [0.1, 0.15) is 18.7 Å². The molecule has 0 fully saturated rings. The topological polar surface area (TPSA) is 69.0 Å². The van der Waals surface area contributed by atoms with Gasteiger partial charge in [-0.1, -0.05) is 6.07 Å². The van der Waals surface area contributed by atoms with Gasteiger partial charge in [0.2, 0.25) is 5.91 Å². The molecule has 0 unspecified atom stereocenters. The summed E-state index contributed by atoms with van der Waals surface area (Å²) < 4.78 is 7.32. The molecule has 1 aromatic carbocycles. The Labute approximate surface area is 110 Å². The average Bonchev–Trinajstić information content (AvgIpc) is 2.81. The molecule has 0 atom stereocenters. The van der Waals surface area contributed by atoms with Crippen LogP contribution >= 0.6 is 0 Å². The van der Waals surface area contributed by atoms with Crippen LogP contribution in [-0.4, -0.2) is 20.7 Å². The van der Waals surface area contributed by atoms with Gasteiger partial charge in [0.05, 0.1) is 0 Å². The summed E-state index contributed by atoms with van der Waals surface area (Å²) in [6, 6.07) is 5.75. The van der Waals surface area contributed by atoms with Gasteiger partial charge in [-0.3, -0.25) is 9.48 Å². The number of aryl methyl sites for hydroxylation is 2. The molecule has 1 aliphatic heterocycles. The Morgan fingerprint density at radius 1 is 1.42 bits per heavy atom. The number of hydrogen-bond donors (Lipinski definition) is 1. The number of carbonyl (C=O) groups excluding carboxylic acids is 1. The Kier molecular flexibility index (Phi) is 2.91. The van der Waals surface area contributed by atoms with Crippen molar-refractivity contribution in [2.45, 2.75) is 19.4 Å². The van der Waals surface area contributed by atoms with Crippen molar-refractivity contribution in [3.63, 3.8) is 0 Å². The first-order valence-electron chi connectivity index (χ1n) is 6.11. The molecule has 0 saturated carbocycles. The van der Waals surface area contributed by atoms with Gasteiger partial charge in [-0.05, 0) is 18.1 Å². The number of nitrogens with one attached hydrogen (secondary N) is 1. The van der Waals surface area contributed by atoms with E-state index in [0.29, 0.717) is 18.8 Å². The largest absolute Gasteiger partial charge is 0.486 e. The van der Waals surface area contributed by atoms with E-state index in [-0.39, 0.29) is 5.91 Å². The maximum atomic E-state index is 11.4. The van der Waals surface area contributed by atoms with Crippen molar-refractivity contribution in [1.82, 2.24) is 14.8 Å². The SMILES string of the molecule is Cn1ncnc1COc1ccc2c(c1)NC(=O)CC2. The zero-order chi connectivity index (χ0) is 13.2. The van der Waals surface area contributed by atoms with E-state index in [1.165, 1.54) is 6.33 Å². The minimum atomic E-state index is 0.0537. The molecule has 6 nitrogen and oxygen atoms in total. The van der Waals surface area contributed by atoms with Crippen LogP contribution in [0.15, 0.2) is 24.5 Å². The Balaban J connectivity index is 1.74. The highest BCUT2D eigenvalue weighted by molar-refractivity contribution is 5.94. The summed E-state index contributed by atoms with van der Waals surface area (Å²) >= 11 is 0. The monoisotopic (exact) mass is 258 g/mol.